The Morgan fingerprint density at radius 1 is 0.489 bits per heavy atom. The lowest BCUT2D eigenvalue weighted by molar-refractivity contribution is 0.306. The van der Waals surface area contributed by atoms with Gasteiger partial charge in [-0.2, -0.15) is 0 Å². The van der Waals surface area contributed by atoms with Gasteiger partial charge in [-0.05, 0) is 84.3 Å². The van der Waals surface area contributed by atoms with Crippen LogP contribution in [0.15, 0.2) is 144 Å². The second-order valence-corrected chi connectivity index (χ2v) is 11.0. The SMILES string of the molecule is C.CC.CSc1nccc(-c2ccc(OCc3ccccc3)cc2)n1.CSc1nccc(-c2ccc(OCc3ccccc3)cc2)n1. The normalized spacial score (nSPS) is 9.87. The molecule has 6 aromatic rings. The van der Waals surface area contributed by atoms with Crippen molar-refractivity contribution in [1.29, 1.82) is 0 Å². The molecule has 0 saturated heterocycles. The first kappa shape index (κ1) is 36.8. The van der Waals surface area contributed by atoms with Gasteiger partial charge in [0, 0.05) is 23.5 Å². The number of benzene rings is 4. The Hall–Kier alpha value is -4.66. The smallest absolute Gasteiger partial charge is 0.187 e. The number of hydrogen-bond acceptors (Lipinski definition) is 8. The van der Waals surface area contributed by atoms with Gasteiger partial charge in [0.15, 0.2) is 10.3 Å². The molecule has 0 saturated carbocycles. The van der Waals surface area contributed by atoms with Gasteiger partial charge in [-0.25, -0.2) is 19.9 Å². The first-order valence-electron chi connectivity index (χ1n) is 15.0. The molecule has 0 radical (unpaired) electrons. The summed E-state index contributed by atoms with van der Waals surface area (Å²) in [7, 11) is 0. The van der Waals surface area contributed by atoms with Crippen LogP contribution in [0.5, 0.6) is 11.5 Å². The monoisotopic (exact) mass is 662 g/mol. The summed E-state index contributed by atoms with van der Waals surface area (Å²) in [6, 6.07) is 40.1. The zero-order valence-electron chi connectivity index (χ0n) is 26.5. The van der Waals surface area contributed by atoms with Gasteiger partial charge in [0.2, 0.25) is 0 Å². The molecule has 0 fully saturated rings. The van der Waals surface area contributed by atoms with Gasteiger partial charge >= 0.3 is 0 Å². The number of rotatable bonds is 10. The molecule has 2 heterocycles. The summed E-state index contributed by atoms with van der Waals surface area (Å²) >= 11 is 3.08. The van der Waals surface area contributed by atoms with E-state index in [-0.39, 0.29) is 7.43 Å². The van der Waals surface area contributed by atoms with Crippen molar-refractivity contribution in [3.05, 3.63) is 145 Å². The van der Waals surface area contributed by atoms with Crippen LogP contribution < -0.4 is 9.47 Å². The zero-order valence-corrected chi connectivity index (χ0v) is 28.2. The fourth-order valence-corrected chi connectivity index (χ4v) is 4.84. The molecule has 0 N–H and O–H groups in total. The number of nitrogens with zero attached hydrogens (tertiary/aromatic N) is 4. The molecule has 4 aromatic carbocycles. The highest BCUT2D eigenvalue weighted by Crippen LogP contribution is 2.24. The predicted molar refractivity (Wildman–Crippen MR) is 198 cm³/mol. The summed E-state index contributed by atoms with van der Waals surface area (Å²) in [6.45, 7) is 5.15. The van der Waals surface area contributed by atoms with Gasteiger partial charge in [-0.15, -0.1) is 0 Å². The van der Waals surface area contributed by atoms with E-state index in [1.165, 1.54) is 23.5 Å². The molecule has 0 spiro atoms. The number of thioether (sulfide) groups is 2. The first-order chi connectivity index (χ1) is 22.7. The third kappa shape index (κ3) is 11.9. The van der Waals surface area contributed by atoms with Crippen molar-refractivity contribution in [1.82, 2.24) is 19.9 Å². The Labute approximate surface area is 288 Å². The van der Waals surface area contributed by atoms with Crippen LogP contribution in [0.25, 0.3) is 22.5 Å². The average molecular weight is 663 g/mol. The van der Waals surface area contributed by atoms with Crippen molar-refractivity contribution in [3.63, 3.8) is 0 Å². The zero-order chi connectivity index (χ0) is 32.4. The Bertz CT molecular complexity index is 1590. The lowest BCUT2D eigenvalue weighted by atomic mass is 10.1. The Morgan fingerprint density at radius 3 is 1.19 bits per heavy atom. The quantitative estimate of drug-likeness (QED) is 0.106. The van der Waals surface area contributed by atoms with Gasteiger partial charge in [0.1, 0.15) is 24.7 Å². The van der Waals surface area contributed by atoms with Crippen molar-refractivity contribution in [2.24, 2.45) is 0 Å². The molecule has 2 aromatic heterocycles. The summed E-state index contributed by atoms with van der Waals surface area (Å²) in [5.41, 5.74) is 6.29. The van der Waals surface area contributed by atoms with Crippen LogP contribution in [-0.4, -0.2) is 32.4 Å². The molecule has 0 aliphatic carbocycles. The maximum atomic E-state index is 5.79. The highest BCUT2D eigenvalue weighted by Gasteiger charge is 2.04. The summed E-state index contributed by atoms with van der Waals surface area (Å²) in [5, 5.41) is 1.56. The maximum Gasteiger partial charge on any atom is 0.187 e. The molecule has 0 atom stereocenters. The van der Waals surface area contributed by atoms with E-state index in [4.69, 9.17) is 9.47 Å². The molecular weight excluding hydrogens is 621 g/mol. The van der Waals surface area contributed by atoms with Crippen LogP contribution in [0.3, 0.4) is 0 Å². The largest absolute Gasteiger partial charge is 0.489 e. The molecule has 0 aliphatic rings. The van der Waals surface area contributed by atoms with Crippen LogP contribution in [0.2, 0.25) is 0 Å². The van der Waals surface area contributed by atoms with E-state index in [2.05, 4.69) is 44.2 Å². The van der Waals surface area contributed by atoms with Gasteiger partial charge in [0.05, 0.1) is 11.4 Å². The summed E-state index contributed by atoms with van der Waals surface area (Å²) in [4.78, 5) is 17.4. The van der Waals surface area contributed by atoms with Crippen molar-refractivity contribution in [2.75, 3.05) is 12.5 Å². The van der Waals surface area contributed by atoms with E-state index < -0.39 is 0 Å². The third-order valence-corrected chi connectivity index (χ3v) is 7.55. The van der Waals surface area contributed by atoms with E-state index in [1.54, 1.807) is 12.4 Å². The summed E-state index contributed by atoms with van der Waals surface area (Å²) < 4.78 is 11.6. The molecule has 0 unspecified atom stereocenters. The first-order valence-corrected chi connectivity index (χ1v) is 17.4. The molecule has 242 valence electrons. The minimum atomic E-state index is 0. The molecule has 6 nitrogen and oxygen atoms in total. The molecule has 0 aliphatic heterocycles. The molecular formula is C39H42N4O2S2. The average Bonchev–Trinajstić information content (AvgIpc) is 3.15. The molecule has 0 amide bonds. The van der Waals surface area contributed by atoms with Gasteiger partial charge in [-0.3, -0.25) is 0 Å². The third-order valence-electron chi connectivity index (χ3n) is 6.43. The fourth-order valence-electron chi connectivity index (χ4n) is 4.13. The van der Waals surface area contributed by atoms with Gasteiger partial charge in [0.25, 0.3) is 0 Å². The van der Waals surface area contributed by atoms with Crippen LogP contribution >= 0.6 is 23.5 Å². The van der Waals surface area contributed by atoms with Crippen molar-refractivity contribution in [3.8, 4) is 34.0 Å². The topological polar surface area (TPSA) is 70.0 Å². The molecule has 8 heteroatoms. The van der Waals surface area contributed by atoms with Gasteiger partial charge in [-0.1, -0.05) is 105 Å². The van der Waals surface area contributed by atoms with E-state index >= 15 is 0 Å². The Morgan fingerprint density at radius 2 is 0.851 bits per heavy atom. The number of hydrogen-bond donors (Lipinski definition) is 0. The van der Waals surface area contributed by atoms with E-state index in [1.807, 2.05) is 123 Å². The highest BCUT2D eigenvalue weighted by atomic mass is 32.2. The predicted octanol–water partition coefficient (Wildman–Crippen LogP) is 10.6. The van der Waals surface area contributed by atoms with Gasteiger partial charge < -0.3 is 9.47 Å². The minimum Gasteiger partial charge on any atom is -0.489 e. The molecule has 6 rings (SSSR count). The Kier molecular flexibility index (Phi) is 16.0. The van der Waals surface area contributed by atoms with Crippen LogP contribution in [0, 0.1) is 0 Å². The van der Waals surface area contributed by atoms with Crippen LogP contribution in [0.4, 0.5) is 0 Å². The lowest BCUT2D eigenvalue weighted by Crippen LogP contribution is -1.95. The van der Waals surface area contributed by atoms with Crippen molar-refractivity contribution < 1.29 is 9.47 Å². The highest BCUT2D eigenvalue weighted by molar-refractivity contribution is 7.98. The summed E-state index contributed by atoms with van der Waals surface area (Å²) in [5.74, 6) is 1.71. The second-order valence-electron chi connectivity index (χ2n) is 9.45. The Balaban J connectivity index is 0.000000238. The van der Waals surface area contributed by atoms with E-state index in [0.29, 0.717) is 13.2 Å². The lowest BCUT2D eigenvalue weighted by Gasteiger charge is -2.07. The van der Waals surface area contributed by atoms with Crippen molar-refractivity contribution in [2.45, 2.75) is 44.8 Å². The summed E-state index contributed by atoms with van der Waals surface area (Å²) in [6.07, 6.45) is 7.52. The maximum absolute atomic E-state index is 5.79. The van der Waals surface area contributed by atoms with Crippen LogP contribution in [-0.2, 0) is 13.2 Å². The minimum absolute atomic E-state index is 0. The van der Waals surface area contributed by atoms with E-state index in [0.717, 1.165) is 55.5 Å². The van der Waals surface area contributed by atoms with Crippen molar-refractivity contribution >= 4 is 23.5 Å². The standard InChI is InChI=1S/2C18H16N2OS.C2H6.CH4/c2*1-22-18-19-12-11-17(20-18)15-7-9-16(10-8-15)21-13-14-5-3-2-4-6-14;1-2;/h2*2-12H,13H2,1H3;1-2H3;1H4. The fraction of sp³-hybridized carbons (Fsp3) is 0.179. The number of ether oxygens (including phenoxy) is 2. The second kappa shape index (κ2) is 20.5. The molecule has 0 bridgehead atoms. The van der Waals surface area contributed by atoms with E-state index in [9.17, 15) is 0 Å². The molecule has 47 heavy (non-hydrogen) atoms. The number of aromatic nitrogens is 4. The van der Waals surface area contributed by atoms with Crippen LogP contribution in [0.1, 0.15) is 32.4 Å².